The number of aromatic nitrogens is 5. The van der Waals surface area contributed by atoms with Gasteiger partial charge in [0, 0.05) is 30.1 Å². The number of thioether (sulfide) groups is 1. The number of rotatable bonds is 8. The molecule has 3 heterocycles. The fraction of sp³-hybridized carbons (Fsp3) is 0.160. The van der Waals surface area contributed by atoms with Crippen LogP contribution in [0.4, 0.5) is 0 Å². The minimum atomic E-state index is -0.128. The molecule has 0 saturated heterocycles. The van der Waals surface area contributed by atoms with Gasteiger partial charge in [-0.25, -0.2) is 4.98 Å². The van der Waals surface area contributed by atoms with Crippen LogP contribution in [0.15, 0.2) is 87.5 Å². The maximum absolute atomic E-state index is 13.4. The minimum absolute atomic E-state index is 0.128. The molecule has 0 aliphatic rings. The van der Waals surface area contributed by atoms with Gasteiger partial charge in [0.05, 0.1) is 23.7 Å². The van der Waals surface area contributed by atoms with E-state index in [-0.39, 0.29) is 5.56 Å². The first-order valence-electron chi connectivity index (χ1n) is 10.8. The molecule has 9 heteroatoms. The van der Waals surface area contributed by atoms with E-state index in [2.05, 4.69) is 15.1 Å². The molecule has 0 aliphatic heterocycles. The molecule has 0 spiro atoms. The average molecular weight is 472 g/mol. The molecule has 0 unspecified atom stereocenters. The van der Waals surface area contributed by atoms with Crippen LogP contribution in [0.5, 0.6) is 5.75 Å². The van der Waals surface area contributed by atoms with Crippen LogP contribution in [-0.2, 0) is 6.42 Å². The molecule has 5 aromatic rings. The van der Waals surface area contributed by atoms with Crippen LogP contribution in [0.2, 0.25) is 0 Å². The van der Waals surface area contributed by atoms with E-state index in [1.54, 1.807) is 30.1 Å². The van der Waals surface area contributed by atoms with Crippen molar-refractivity contribution in [3.8, 4) is 22.8 Å². The number of nitrogens with zero attached hydrogens (tertiary/aromatic N) is 5. The third-order valence-electron chi connectivity index (χ3n) is 5.24. The van der Waals surface area contributed by atoms with Crippen LogP contribution in [0.3, 0.4) is 0 Å². The van der Waals surface area contributed by atoms with E-state index < -0.39 is 0 Å². The molecule has 0 radical (unpaired) electrons. The van der Waals surface area contributed by atoms with Gasteiger partial charge in [0.2, 0.25) is 11.7 Å². The standard InChI is InChI=1S/C25H21N5O3S/c1-32-21-10-5-4-9-20(21)30-24(31)18-7-2-3-8-19(18)27-25(30)34-16-6-11-22-28-23(29-33-22)17-12-14-26-15-13-17/h2-5,7-10,12-15H,6,11,16H2,1H3. The van der Waals surface area contributed by atoms with Crippen molar-refractivity contribution < 1.29 is 9.26 Å². The Hall–Kier alpha value is -3.98. The van der Waals surface area contributed by atoms with Gasteiger partial charge >= 0.3 is 0 Å². The molecule has 170 valence electrons. The average Bonchev–Trinajstić information content (AvgIpc) is 3.36. The Morgan fingerprint density at radius 2 is 1.79 bits per heavy atom. The van der Waals surface area contributed by atoms with Crippen molar-refractivity contribution >= 4 is 22.7 Å². The number of pyridine rings is 1. The summed E-state index contributed by atoms with van der Waals surface area (Å²) in [6.07, 6.45) is 4.79. The lowest BCUT2D eigenvalue weighted by Crippen LogP contribution is -2.22. The summed E-state index contributed by atoms with van der Waals surface area (Å²) in [5, 5.41) is 5.22. The maximum atomic E-state index is 13.4. The van der Waals surface area contributed by atoms with E-state index >= 15 is 0 Å². The van der Waals surface area contributed by atoms with Crippen molar-refractivity contribution in [1.29, 1.82) is 0 Å². The molecule has 3 aromatic heterocycles. The second-order valence-corrected chi connectivity index (χ2v) is 8.49. The van der Waals surface area contributed by atoms with Crippen molar-refractivity contribution in [3.05, 3.63) is 89.3 Å². The van der Waals surface area contributed by atoms with E-state index in [1.807, 2.05) is 54.6 Å². The molecule has 0 bridgehead atoms. The van der Waals surface area contributed by atoms with Gasteiger partial charge in [-0.2, -0.15) is 4.98 Å². The molecule has 34 heavy (non-hydrogen) atoms. The summed E-state index contributed by atoms with van der Waals surface area (Å²) in [6.45, 7) is 0. The van der Waals surface area contributed by atoms with Crippen LogP contribution in [0.25, 0.3) is 28.0 Å². The van der Waals surface area contributed by atoms with Gasteiger partial charge in [-0.15, -0.1) is 0 Å². The lowest BCUT2D eigenvalue weighted by molar-refractivity contribution is 0.378. The Morgan fingerprint density at radius 3 is 2.65 bits per heavy atom. The molecule has 0 aliphatic carbocycles. The summed E-state index contributed by atoms with van der Waals surface area (Å²) in [7, 11) is 1.59. The van der Waals surface area contributed by atoms with Crippen LogP contribution in [0, 0.1) is 0 Å². The number of fused-ring (bicyclic) bond motifs is 1. The van der Waals surface area contributed by atoms with Crippen molar-refractivity contribution in [2.75, 3.05) is 12.9 Å². The van der Waals surface area contributed by atoms with Gasteiger partial charge in [0.15, 0.2) is 5.16 Å². The smallest absolute Gasteiger partial charge is 0.266 e. The second-order valence-electron chi connectivity index (χ2n) is 7.42. The summed E-state index contributed by atoms with van der Waals surface area (Å²) < 4.78 is 12.5. The minimum Gasteiger partial charge on any atom is -0.495 e. The molecule has 0 fully saturated rings. The number of hydrogen-bond acceptors (Lipinski definition) is 8. The number of methoxy groups -OCH3 is 1. The van der Waals surface area contributed by atoms with Gasteiger partial charge in [0.25, 0.3) is 5.56 Å². The zero-order chi connectivity index (χ0) is 23.3. The van der Waals surface area contributed by atoms with Crippen LogP contribution >= 0.6 is 11.8 Å². The Morgan fingerprint density at radius 1 is 1.00 bits per heavy atom. The van der Waals surface area contributed by atoms with Gasteiger partial charge < -0.3 is 9.26 Å². The summed E-state index contributed by atoms with van der Waals surface area (Å²) >= 11 is 1.51. The summed E-state index contributed by atoms with van der Waals surface area (Å²) in [5.74, 6) is 2.44. The number of aryl methyl sites for hydroxylation is 1. The molecule has 0 N–H and O–H groups in total. The van der Waals surface area contributed by atoms with Crippen LogP contribution < -0.4 is 10.3 Å². The zero-order valence-electron chi connectivity index (χ0n) is 18.4. The monoisotopic (exact) mass is 471 g/mol. The quantitative estimate of drug-likeness (QED) is 0.185. The first-order valence-corrected chi connectivity index (χ1v) is 11.7. The molecule has 2 aromatic carbocycles. The summed E-state index contributed by atoms with van der Waals surface area (Å²) in [6, 6.07) is 18.5. The van der Waals surface area contributed by atoms with E-state index in [1.165, 1.54) is 11.8 Å². The Balaban J connectivity index is 1.37. The molecule has 0 atom stereocenters. The fourth-order valence-corrected chi connectivity index (χ4v) is 4.54. The highest BCUT2D eigenvalue weighted by atomic mass is 32.2. The number of ether oxygens (including phenoxy) is 1. The van der Waals surface area contributed by atoms with Crippen LogP contribution in [-0.4, -0.2) is 37.5 Å². The first kappa shape index (κ1) is 21.8. The summed E-state index contributed by atoms with van der Waals surface area (Å²) in [5.41, 5.74) is 2.06. The maximum Gasteiger partial charge on any atom is 0.266 e. The predicted octanol–water partition coefficient (Wildman–Crippen LogP) is 4.56. The van der Waals surface area contributed by atoms with E-state index in [0.717, 1.165) is 12.0 Å². The highest BCUT2D eigenvalue weighted by molar-refractivity contribution is 7.99. The van der Waals surface area contributed by atoms with Crippen molar-refractivity contribution in [3.63, 3.8) is 0 Å². The molecular weight excluding hydrogens is 450 g/mol. The largest absolute Gasteiger partial charge is 0.495 e. The third kappa shape index (κ3) is 4.42. The number of benzene rings is 2. The fourth-order valence-electron chi connectivity index (χ4n) is 3.60. The molecule has 8 nitrogen and oxygen atoms in total. The normalized spacial score (nSPS) is 11.1. The summed E-state index contributed by atoms with van der Waals surface area (Å²) in [4.78, 5) is 26.7. The molecule has 0 saturated carbocycles. The number of hydrogen-bond donors (Lipinski definition) is 0. The van der Waals surface area contributed by atoms with E-state index in [4.69, 9.17) is 14.2 Å². The van der Waals surface area contributed by atoms with Gasteiger partial charge in [-0.3, -0.25) is 14.3 Å². The second kappa shape index (κ2) is 9.88. The molecule has 0 amide bonds. The topological polar surface area (TPSA) is 95.9 Å². The SMILES string of the molecule is COc1ccccc1-n1c(SCCCc2nc(-c3ccncc3)no2)nc2ccccc2c1=O. The lowest BCUT2D eigenvalue weighted by Gasteiger charge is -2.15. The van der Waals surface area contributed by atoms with Crippen molar-refractivity contribution in [1.82, 2.24) is 24.7 Å². The Bertz CT molecular complexity index is 1480. The lowest BCUT2D eigenvalue weighted by atomic mass is 10.2. The number of para-hydroxylation sites is 3. The Labute approximate surface area is 199 Å². The van der Waals surface area contributed by atoms with E-state index in [0.29, 0.717) is 51.4 Å². The van der Waals surface area contributed by atoms with Crippen molar-refractivity contribution in [2.45, 2.75) is 18.0 Å². The predicted molar refractivity (Wildman–Crippen MR) is 130 cm³/mol. The molecule has 5 rings (SSSR count). The third-order valence-corrected chi connectivity index (χ3v) is 6.27. The van der Waals surface area contributed by atoms with Gasteiger partial charge in [-0.05, 0) is 42.8 Å². The van der Waals surface area contributed by atoms with E-state index in [9.17, 15) is 4.79 Å². The highest BCUT2D eigenvalue weighted by Gasteiger charge is 2.16. The van der Waals surface area contributed by atoms with Gasteiger partial charge in [-0.1, -0.05) is 41.2 Å². The zero-order valence-corrected chi connectivity index (χ0v) is 19.2. The Kier molecular flexibility index (Phi) is 6.35. The van der Waals surface area contributed by atoms with Crippen molar-refractivity contribution in [2.24, 2.45) is 0 Å². The molecular formula is C25H21N5O3S. The van der Waals surface area contributed by atoms with Gasteiger partial charge in [0.1, 0.15) is 5.75 Å². The van der Waals surface area contributed by atoms with Crippen LogP contribution in [0.1, 0.15) is 12.3 Å². The highest BCUT2D eigenvalue weighted by Crippen LogP contribution is 2.27. The first-order chi connectivity index (χ1) is 16.7.